The van der Waals surface area contributed by atoms with Gasteiger partial charge in [-0.15, -0.1) is 0 Å². The van der Waals surface area contributed by atoms with Crippen molar-refractivity contribution >= 4 is 0 Å². The van der Waals surface area contributed by atoms with E-state index in [1.807, 2.05) is 0 Å². The van der Waals surface area contributed by atoms with E-state index in [1.165, 1.54) is 77.5 Å². The average molecular weight is 281 g/mol. The molecule has 0 spiro atoms. The zero-order chi connectivity index (χ0) is 14.4. The lowest BCUT2D eigenvalue weighted by atomic mass is 9.81. The van der Waals surface area contributed by atoms with Crippen molar-refractivity contribution in [3.63, 3.8) is 0 Å². The summed E-state index contributed by atoms with van der Waals surface area (Å²) in [6, 6.07) is 0.818. The molecule has 0 saturated carbocycles. The van der Waals surface area contributed by atoms with Crippen LogP contribution in [0.1, 0.15) is 65.2 Å². The van der Waals surface area contributed by atoms with Gasteiger partial charge in [-0.05, 0) is 58.2 Å². The largest absolute Gasteiger partial charge is 0.329 e. The van der Waals surface area contributed by atoms with Crippen LogP contribution < -0.4 is 5.73 Å². The minimum absolute atomic E-state index is 0.301. The van der Waals surface area contributed by atoms with Crippen LogP contribution >= 0.6 is 0 Å². The second-order valence-electron chi connectivity index (χ2n) is 6.91. The van der Waals surface area contributed by atoms with Crippen LogP contribution in [0.15, 0.2) is 0 Å². The molecule has 2 saturated heterocycles. The molecule has 0 aliphatic carbocycles. The molecule has 2 aliphatic rings. The monoisotopic (exact) mass is 281 g/mol. The van der Waals surface area contributed by atoms with Crippen molar-refractivity contribution in [2.45, 2.75) is 76.8 Å². The summed E-state index contributed by atoms with van der Waals surface area (Å²) >= 11 is 0. The van der Waals surface area contributed by atoms with Crippen molar-refractivity contribution in [3.05, 3.63) is 0 Å². The van der Waals surface area contributed by atoms with Crippen LogP contribution in [0, 0.1) is 0 Å². The highest BCUT2D eigenvalue weighted by Crippen LogP contribution is 2.36. The Labute approximate surface area is 125 Å². The van der Waals surface area contributed by atoms with Crippen LogP contribution in [0.3, 0.4) is 0 Å². The molecule has 0 aromatic carbocycles. The number of nitrogens with two attached hydrogens (primary N) is 1. The highest BCUT2D eigenvalue weighted by Gasteiger charge is 2.43. The second-order valence-corrected chi connectivity index (χ2v) is 6.91. The Hall–Kier alpha value is -0.120. The highest BCUT2D eigenvalue weighted by atomic mass is 15.3. The Kier molecular flexibility index (Phi) is 6.31. The van der Waals surface area contributed by atoms with Crippen LogP contribution in [0.4, 0.5) is 0 Å². The van der Waals surface area contributed by atoms with E-state index in [2.05, 4.69) is 23.6 Å². The third-order valence-electron chi connectivity index (χ3n) is 5.59. The van der Waals surface area contributed by atoms with Crippen LogP contribution in [0.2, 0.25) is 0 Å². The summed E-state index contributed by atoms with van der Waals surface area (Å²) in [6.45, 7) is 10.6. The summed E-state index contributed by atoms with van der Waals surface area (Å²) in [5.74, 6) is 0. The molecule has 0 aromatic heterocycles. The molecular formula is C17H35N3. The van der Waals surface area contributed by atoms with Gasteiger partial charge in [0.2, 0.25) is 0 Å². The van der Waals surface area contributed by atoms with E-state index >= 15 is 0 Å². The SMILES string of the molecule is CCCCN(CCCC)C1(CN)CCN2CCCC2C1. The lowest BCUT2D eigenvalue weighted by Gasteiger charge is -2.50. The van der Waals surface area contributed by atoms with Gasteiger partial charge in [0.1, 0.15) is 0 Å². The maximum Gasteiger partial charge on any atom is 0.0358 e. The van der Waals surface area contributed by atoms with Gasteiger partial charge < -0.3 is 10.6 Å². The van der Waals surface area contributed by atoms with Gasteiger partial charge in [0, 0.05) is 24.7 Å². The van der Waals surface area contributed by atoms with Crippen LogP contribution in [0.5, 0.6) is 0 Å². The lowest BCUT2D eigenvalue weighted by molar-refractivity contribution is 0.00847. The van der Waals surface area contributed by atoms with Crippen molar-refractivity contribution in [3.8, 4) is 0 Å². The number of nitrogens with zero attached hydrogens (tertiary/aromatic N) is 2. The Bertz CT molecular complexity index is 273. The predicted octanol–water partition coefficient (Wildman–Crippen LogP) is 2.84. The van der Waals surface area contributed by atoms with E-state index in [1.54, 1.807) is 0 Å². The first-order valence-electron chi connectivity index (χ1n) is 8.95. The lowest BCUT2D eigenvalue weighted by Crippen LogP contribution is -2.61. The van der Waals surface area contributed by atoms with Crippen molar-refractivity contribution in [1.82, 2.24) is 9.80 Å². The summed E-state index contributed by atoms with van der Waals surface area (Å²) in [4.78, 5) is 5.49. The van der Waals surface area contributed by atoms with Gasteiger partial charge >= 0.3 is 0 Å². The minimum atomic E-state index is 0.301. The third kappa shape index (κ3) is 3.55. The first-order valence-corrected chi connectivity index (χ1v) is 8.95. The molecule has 0 bridgehead atoms. The fourth-order valence-corrected chi connectivity index (χ4v) is 4.20. The third-order valence-corrected chi connectivity index (χ3v) is 5.59. The van der Waals surface area contributed by atoms with E-state index in [4.69, 9.17) is 5.73 Å². The molecule has 2 heterocycles. The highest BCUT2D eigenvalue weighted by molar-refractivity contribution is 5.01. The van der Waals surface area contributed by atoms with E-state index in [9.17, 15) is 0 Å². The molecule has 2 atom stereocenters. The summed E-state index contributed by atoms with van der Waals surface area (Å²) in [5, 5.41) is 0. The molecular weight excluding hydrogens is 246 g/mol. The molecule has 0 amide bonds. The van der Waals surface area contributed by atoms with Gasteiger partial charge in [0.05, 0.1) is 0 Å². The molecule has 2 unspecified atom stereocenters. The molecule has 2 rings (SSSR count). The molecule has 0 radical (unpaired) electrons. The predicted molar refractivity (Wildman–Crippen MR) is 87.0 cm³/mol. The van der Waals surface area contributed by atoms with E-state index < -0.39 is 0 Å². The van der Waals surface area contributed by atoms with Gasteiger partial charge in [-0.2, -0.15) is 0 Å². The molecule has 2 aliphatic heterocycles. The zero-order valence-corrected chi connectivity index (χ0v) is 13.7. The van der Waals surface area contributed by atoms with E-state index in [0.717, 1.165) is 12.6 Å². The first-order chi connectivity index (χ1) is 9.75. The Morgan fingerprint density at radius 2 is 1.85 bits per heavy atom. The van der Waals surface area contributed by atoms with Gasteiger partial charge in [0.25, 0.3) is 0 Å². The molecule has 2 N–H and O–H groups in total. The normalized spacial score (nSPS) is 30.9. The van der Waals surface area contributed by atoms with Gasteiger partial charge in [-0.3, -0.25) is 4.90 Å². The first kappa shape index (κ1) is 16.3. The number of hydrogen-bond acceptors (Lipinski definition) is 3. The van der Waals surface area contributed by atoms with Crippen molar-refractivity contribution in [1.29, 1.82) is 0 Å². The van der Waals surface area contributed by atoms with Crippen molar-refractivity contribution in [2.75, 3.05) is 32.7 Å². The topological polar surface area (TPSA) is 32.5 Å². The maximum absolute atomic E-state index is 6.31. The van der Waals surface area contributed by atoms with Crippen LogP contribution in [0.25, 0.3) is 0 Å². The smallest absolute Gasteiger partial charge is 0.0358 e. The van der Waals surface area contributed by atoms with E-state index in [-0.39, 0.29) is 0 Å². The van der Waals surface area contributed by atoms with Crippen LogP contribution in [-0.2, 0) is 0 Å². The van der Waals surface area contributed by atoms with Crippen molar-refractivity contribution in [2.24, 2.45) is 5.73 Å². The molecule has 3 nitrogen and oxygen atoms in total. The molecule has 118 valence electrons. The Balaban J connectivity index is 2.04. The standard InChI is InChI=1S/C17H35N3/c1-3-5-11-20(12-6-4-2)17(15-18)9-13-19-10-7-8-16(19)14-17/h16H,3-15,18H2,1-2H3. The Morgan fingerprint density at radius 1 is 1.15 bits per heavy atom. The zero-order valence-electron chi connectivity index (χ0n) is 13.7. The minimum Gasteiger partial charge on any atom is -0.329 e. The summed E-state index contributed by atoms with van der Waals surface area (Å²) < 4.78 is 0. The number of piperidine rings is 1. The molecule has 20 heavy (non-hydrogen) atoms. The van der Waals surface area contributed by atoms with Gasteiger partial charge in [-0.1, -0.05) is 26.7 Å². The van der Waals surface area contributed by atoms with Gasteiger partial charge in [0.15, 0.2) is 0 Å². The average Bonchev–Trinajstić information content (AvgIpc) is 2.94. The number of rotatable bonds is 8. The number of fused-ring (bicyclic) bond motifs is 1. The molecule has 3 heteroatoms. The van der Waals surface area contributed by atoms with Gasteiger partial charge in [-0.25, -0.2) is 0 Å². The fraction of sp³-hybridized carbons (Fsp3) is 1.00. The molecule has 0 aromatic rings. The van der Waals surface area contributed by atoms with E-state index in [0.29, 0.717) is 5.54 Å². The summed E-state index contributed by atoms with van der Waals surface area (Å²) in [6.07, 6.45) is 10.6. The van der Waals surface area contributed by atoms with Crippen LogP contribution in [-0.4, -0.2) is 54.1 Å². The fourth-order valence-electron chi connectivity index (χ4n) is 4.20. The second kappa shape index (κ2) is 7.77. The quantitative estimate of drug-likeness (QED) is 0.742. The maximum atomic E-state index is 6.31. The number of hydrogen-bond donors (Lipinski definition) is 1. The number of unbranched alkanes of at least 4 members (excludes halogenated alkanes) is 2. The summed E-state index contributed by atoms with van der Waals surface area (Å²) in [5.41, 5.74) is 6.61. The Morgan fingerprint density at radius 3 is 2.45 bits per heavy atom. The summed E-state index contributed by atoms with van der Waals surface area (Å²) in [7, 11) is 0. The van der Waals surface area contributed by atoms with Crippen molar-refractivity contribution < 1.29 is 0 Å². The molecule has 2 fully saturated rings.